The molecule has 0 spiro atoms. The third kappa shape index (κ3) is 4.10. The van der Waals surface area contributed by atoms with Crippen LogP contribution in [0.3, 0.4) is 0 Å². The van der Waals surface area contributed by atoms with Gasteiger partial charge in [-0.1, -0.05) is 30.7 Å². The molecule has 5 heteroatoms. The van der Waals surface area contributed by atoms with Gasteiger partial charge in [-0.15, -0.1) is 0 Å². The molecular formula is C15H17ClN2O2. The number of halogens is 1. The maximum absolute atomic E-state index is 5.96. The fourth-order valence-electron chi connectivity index (χ4n) is 1.77. The Morgan fingerprint density at radius 1 is 1.20 bits per heavy atom. The van der Waals surface area contributed by atoms with E-state index in [0.717, 1.165) is 24.2 Å². The van der Waals surface area contributed by atoms with Crippen LogP contribution in [0.15, 0.2) is 30.3 Å². The molecule has 106 valence electrons. The van der Waals surface area contributed by atoms with Gasteiger partial charge in [0.05, 0.1) is 7.11 Å². The van der Waals surface area contributed by atoms with Crippen LogP contribution in [0.1, 0.15) is 24.7 Å². The zero-order valence-corrected chi connectivity index (χ0v) is 12.4. The molecule has 0 amide bonds. The van der Waals surface area contributed by atoms with Crippen molar-refractivity contribution in [2.24, 2.45) is 0 Å². The molecule has 2 rings (SSSR count). The molecule has 0 unspecified atom stereocenters. The van der Waals surface area contributed by atoms with Crippen LogP contribution in [-0.4, -0.2) is 17.1 Å². The van der Waals surface area contributed by atoms with Gasteiger partial charge >= 0.3 is 0 Å². The molecule has 4 nitrogen and oxygen atoms in total. The van der Waals surface area contributed by atoms with E-state index in [-0.39, 0.29) is 0 Å². The van der Waals surface area contributed by atoms with Gasteiger partial charge in [0, 0.05) is 12.5 Å². The zero-order chi connectivity index (χ0) is 14.4. The summed E-state index contributed by atoms with van der Waals surface area (Å²) in [7, 11) is 1.64. The SMILES string of the molecule is CCCc1nc(Cl)cc(OCc2cccc(OC)c2)n1. The van der Waals surface area contributed by atoms with E-state index in [4.69, 9.17) is 21.1 Å². The molecule has 0 N–H and O–H groups in total. The van der Waals surface area contributed by atoms with Gasteiger partial charge in [0.1, 0.15) is 23.3 Å². The number of methoxy groups -OCH3 is 1. The Kier molecular flexibility index (Phi) is 5.18. The van der Waals surface area contributed by atoms with E-state index in [9.17, 15) is 0 Å². The van der Waals surface area contributed by atoms with E-state index < -0.39 is 0 Å². The number of nitrogens with zero attached hydrogens (tertiary/aromatic N) is 2. The lowest BCUT2D eigenvalue weighted by molar-refractivity contribution is 0.291. The van der Waals surface area contributed by atoms with E-state index in [2.05, 4.69) is 16.9 Å². The number of ether oxygens (including phenoxy) is 2. The van der Waals surface area contributed by atoms with E-state index in [1.165, 1.54) is 0 Å². The van der Waals surface area contributed by atoms with Crippen molar-refractivity contribution >= 4 is 11.6 Å². The summed E-state index contributed by atoms with van der Waals surface area (Å²) >= 11 is 5.96. The topological polar surface area (TPSA) is 44.2 Å². The highest BCUT2D eigenvalue weighted by molar-refractivity contribution is 6.29. The predicted octanol–water partition coefficient (Wildman–Crippen LogP) is 3.67. The molecule has 2 aromatic rings. The summed E-state index contributed by atoms with van der Waals surface area (Å²) < 4.78 is 10.8. The van der Waals surface area contributed by atoms with Gasteiger partial charge < -0.3 is 9.47 Å². The van der Waals surface area contributed by atoms with Gasteiger partial charge in [0.15, 0.2) is 0 Å². The Bertz CT molecular complexity index is 576. The number of hydrogen-bond acceptors (Lipinski definition) is 4. The quantitative estimate of drug-likeness (QED) is 0.762. The van der Waals surface area contributed by atoms with Gasteiger partial charge in [-0.05, 0) is 24.1 Å². The molecule has 0 fully saturated rings. The molecule has 20 heavy (non-hydrogen) atoms. The predicted molar refractivity (Wildman–Crippen MR) is 78.4 cm³/mol. The lowest BCUT2D eigenvalue weighted by Crippen LogP contribution is -2.01. The van der Waals surface area contributed by atoms with Crippen LogP contribution >= 0.6 is 11.6 Å². The van der Waals surface area contributed by atoms with Gasteiger partial charge in [-0.3, -0.25) is 0 Å². The van der Waals surface area contributed by atoms with E-state index in [1.807, 2.05) is 24.3 Å². The maximum Gasteiger partial charge on any atom is 0.218 e. The highest BCUT2D eigenvalue weighted by Crippen LogP contribution is 2.18. The fourth-order valence-corrected chi connectivity index (χ4v) is 1.96. The standard InChI is InChI=1S/C15H17ClN2O2/c1-3-5-14-17-13(16)9-15(18-14)20-10-11-6-4-7-12(8-11)19-2/h4,6-9H,3,5,10H2,1-2H3. The number of aryl methyl sites for hydroxylation is 1. The van der Waals surface area contributed by atoms with Crippen LogP contribution in [0.4, 0.5) is 0 Å². The highest BCUT2D eigenvalue weighted by atomic mass is 35.5. The largest absolute Gasteiger partial charge is 0.497 e. The van der Waals surface area contributed by atoms with Crippen molar-refractivity contribution in [2.75, 3.05) is 7.11 Å². The summed E-state index contributed by atoms with van der Waals surface area (Å²) in [6.07, 6.45) is 1.76. The van der Waals surface area contributed by atoms with Crippen LogP contribution in [0.2, 0.25) is 5.15 Å². The van der Waals surface area contributed by atoms with Crippen molar-refractivity contribution in [3.8, 4) is 11.6 Å². The average Bonchev–Trinajstić information content (AvgIpc) is 2.45. The van der Waals surface area contributed by atoms with Gasteiger partial charge in [-0.2, -0.15) is 4.98 Å². The van der Waals surface area contributed by atoms with Crippen LogP contribution in [-0.2, 0) is 13.0 Å². The Morgan fingerprint density at radius 3 is 2.80 bits per heavy atom. The molecule has 0 atom stereocenters. The van der Waals surface area contributed by atoms with Crippen molar-refractivity contribution in [1.82, 2.24) is 9.97 Å². The van der Waals surface area contributed by atoms with Gasteiger partial charge in [0.2, 0.25) is 5.88 Å². The normalized spacial score (nSPS) is 10.3. The smallest absolute Gasteiger partial charge is 0.218 e. The number of benzene rings is 1. The first-order chi connectivity index (χ1) is 9.71. The lowest BCUT2D eigenvalue weighted by Gasteiger charge is -2.08. The summed E-state index contributed by atoms with van der Waals surface area (Å²) in [5.74, 6) is 2.01. The van der Waals surface area contributed by atoms with Crippen LogP contribution in [0.5, 0.6) is 11.6 Å². The van der Waals surface area contributed by atoms with Gasteiger partial charge in [-0.25, -0.2) is 4.98 Å². The molecule has 0 aliphatic carbocycles. The molecule has 0 aliphatic heterocycles. The number of aromatic nitrogens is 2. The molecule has 1 heterocycles. The monoisotopic (exact) mass is 292 g/mol. The fraction of sp³-hybridized carbons (Fsp3) is 0.333. The zero-order valence-electron chi connectivity index (χ0n) is 11.6. The summed E-state index contributed by atoms with van der Waals surface area (Å²) in [5, 5.41) is 0.407. The Hall–Kier alpha value is -1.81. The second-order valence-corrected chi connectivity index (χ2v) is 4.72. The first kappa shape index (κ1) is 14.6. The van der Waals surface area contributed by atoms with E-state index in [0.29, 0.717) is 23.5 Å². The second-order valence-electron chi connectivity index (χ2n) is 4.34. The van der Waals surface area contributed by atoms with Crippen LogP contribution < -0.4 is 9.47 Å². The van der Waals surface area contributed by atoms with E-state index >= 15 is 0 Å². The molecule has 0 bridgehead atoms. The highest BCUT2D eigenvalue weighted by Gasteiger charge is 2.04. The van der Waals surface area contributed by atoms with Crippen molar-refractivity contribution < 1.29 is 9.47 Å². The molecule has 1 aromatic heterocycles. The minimum absolute atomic E-state index is 0.407. The average molecular weight is 293 g/mol. The Morgan fingerprint density at radius 2 is 2.05 bits per heavy atom. The third-order valence-corrected chi connectivity index (χ3v) is 2.91. The minimum Gasteiger partial charge on any atom is -0.497 e. The van der Waals surface area contributed by atoms with E-state index in [1.54, 1.807) is 13.2 Å². The molecule has 0 saturated carbocycles. The first-order valence-electron chi connectivity index (χ1n) is 6.50. The first-order valence-corrected chi connectivity index (χ1v) is 6.88. The molecule has 0 saturated heterocycles. The van der Waals surface area contributed by atoms with Crippen molar-refractivity contribution in [3.05, 3.63) is 46.9 Å². The van der Waals surface area contributed by atoms with Crippen LogP contribution in [0, 0.1) is 0 Å². The maximum atomic E-state index is 5.96. The number of hydrogen-bond donors (Lipinski definition) is 0. The summed E-state index contributed by atoms with van der Waals surface area (Å²) in [5.41, 5.74) is 1.01. The molecular weight excluding hydrogens is 276 g/mol. The van der Waals surface area contributed by atoms with Crippen LogP contribution in [0.25, 0.3) is 0 Å². The van der Waals surface area contributed by atoms with Gasteiger partial charge in [0.25, 0.3) is 0 Å². The number of rotatable bonds is 6. The summed E-state index contributed by atoms with van der Waals surface area (Å²) in [6, 6.07) is 9.34. The minimum atomic E-state index is 0.407. The Labute approximate surface area is 123 Å². The van der Waals surface area contributed by atoms with Crippen molar-refractivity contribution in [1.29, 1.82) is 0 Å². The Balaban J connectivity index is 2.06. The summed E-state index contributed by atoms with van der Waals surface area (Å²) in [4.78, 5) is 8.49. The second kappa shape index (κ2) is 7.10. The van der Waals surface area contributed by atoms with Crippen molar-refractivity contribution in [2.45, 2.75) is 26.4 Å². The third-order valence-electron chi connectivity index (χ3n) is 2.71. The van der Waals surface area contributed by atoms with Crippen molar-refractivity contribution in [3.63, 3.8) is 0 Å². The molecule has 0 aliphatic rings. The summed E-state index contributed by atoms with van der Waals surface area (Å²) in [6.45, 7) is 2.48. The molecule has 1 aromatic carbocycles. The lowest BCUT2D eigenvalue weighted by atomic mass is 10.2. The molecule has 0 radical (unpaired) electrons.